The number of piperidine rings is 1. The molecule has 4 heteroatoms. The number of rotatable bonds is 12. The van der Waals surface area contributed by atoms with Crippen molar-refractivity contribution in [3.63, 3.8) is 0 Å². The van der Waals surface area contributed by atoms with Crippen LogP contribution in [-0.2, 0) is 21.0 Å². The standard InChI is InChI=1S/C77H65N3O/c1-53-9-11-54(12-10-53)55-13-15-59(16-14-55)64-31-41-70(42-32-64)77(47-51-80(4)52-48-77)71-43-33-65(34-44-71)60-23-21-57(22-24-60)62-27-37-67(38-28-62)75(2,69-45-49-78-50-46-69)66-35-25-61(26-36-66)56-17-19-58(20-18-56)63-29-39-68(40-30-63)76(3)72-7-5-6-8-73(72)79-74(76)81/h5-46,49-50H,47-48,51-52H2,1-4H3,(H,79,81). The summed E-state index contributed by atoms with van der Waals surface area (Å²) < 4.78 is 0. The van der Waals surface area contributed by atoms with E-state index in [2.05, 4.69) is 267 Å². The van der Waals surface area contributed by atoms with Crippen molar-refractivity contribution in [2.45, 2.75) is 49.9 Å². The number of pyridine rings is 1. The maximum atomic E-state index is 13.2. The van der Waals surface area contributed by atoms with E-state index in [1.165, 1.54) is 77.9 Å². The van der Waals surface area contributed by atoms with Crippen LogP contribution in [-0.4, -0.2) is 35.9 Å². The van der Waals surface area contributed by atoms with Crippen molar-refractivity contribution in [1.29, 1.82) is 0 Å². The van der Waals surface area contributed by atoms with Crippen molar-refractivity contribution in [1.82, 2.24) is 9.88 Å². The van der Waals surface area contributed by atoms with Gasteiger partial charge in [-0.3, -0.25) is 9.78 Å². The summed E-state index contributed by atoms with van der Waals surface area (Å²) >= 11 is 0. The van der Waals surface area contributed by atoms with Gasteiger partial charge in [0.25, 0.3) is 0 Å². The van der Waals surface area contributed by atoms with Crippen LogP contribution in [0.15, 0.2) is 267 Å². The lowest BCUT2D eigenvalue weighted by Crippen LogP contribution is -2.41. The molecule has 10 aromatic carbocycles. The van der Waals surface area contributed by atoms with Crippen molar-refractivity contribution in [3.8, 4) is 66.8 Å². The maximum Gasteiger partial charge on any atom is 0.239 e. The highest BCUT2D eigenvalue weighted by atomic mass is 16.2. The smallest absolute Gasteiger partial charge is 0.239 e. The molecule has 11 aromatic rings. The van der Waals surface area contributed by atoms with Crippen LogP contribution in [0.1, 0.15) is 71.2 Å². The SMILES string of the molecule is Cc1ccc(-c2ccc(-c3ccc(C4(c5ccc(-c6ccc(-c7ccc(C(C)(c8ccncc8)c8ccc(-c9ccc(-c%10ccc(C%11(C)C(=O)Nc%12ccccc%12%11)cc%10)cc9)cc8)cc7)cc6)cc5)CCN(C)CC4)cc3)cc2)cc1. The molecule has 81 heavy (non-hydrogen) atoms. The number of para-hydroxylation sites is 1. The van der Waals surface area contributed by atoms with E-state index >= 15 is 0 Å². The number of likely N-dealkylation sites (tertiary alicyclic amines) is 1. The van der Waals surface area contributed by atoms with E-state index in [0.29, 0.717) is 0 Å². The Morgan fingerprint density at radius 3 is 1.10 bits per heavy atom. The van der Waals surface area contributed by atoms with Crippen molar-refractivity contribution >= 4 is 11.6 Å². The zero-order valence-corrected chi connectivity index (χ0v) is 46.5. The number of carbonyl (C=O) groups is 1. The first-order valence-electron chi connectivity index (χ1n) is 28.5. The Morgan fingerprint density at radius 2 is 0.716 bits per heavy atom. The summed E-state index contributed by atoms with van der Waals surface area (Å²) in [6.07, 6.45) is 5.96. The highest BCUT2D eigenvalue weighted by Gasteiger charge is 2.44. The number of nitrogens with zero attached hydrogens (tertiary/aromatic N) is 2. The van der Waals surface area contributed by atoms with Gasteiger partial charge in [0.2, 0.25) is 5.91 Å². The third-order valence-corrected chi connectivity index (χ3v) is 18.2. The molecule has 0 bridgehead atoms. The number of benzene rings is 10. The number of fused-ring (bicyclic) bond motifs is 1. The Bertz CT molecular complexity index is 4000. The number of carbonyl (C=O) groups excluding carboxylic acids is 1. The first-order chi connectivity index (χ1) is 39.5. The van der Waals surface area contributed by atoms with Gasteiger partial charge < -0.3 is 10.2 Å². The Morgan fingerprint density at radius 1 is 0.407 bits per heavy atom. The van der Waals surface area contributed by atoms with E-state index in [1.54, 1.807) is 0 Å². The minimum Gasteiger partial charge on any atom is -0.325 e. The Labute approximate surface area is 477 Å². The molecular formula is C77H65N3O. The van der Waals surface area contributed by atoms with E-state index in [-0.39, 0.29) is 11.3 Å². The van der Waals surface area contributed by atoms with E-state index in [1.807, 2.05) is 43.6 Å². The summed E-state index contributed by atoms with van der Waals surface area (Å²) in [5.74, 6) is 0.00840. The molecule has 3 heterocycles. The quantitative estimate of drug-likeness (QED) is 0.133. The average molecular weight is 1050 g/mol. The first-order valence-corrected chi connectivity index (χ1v) is 28.5. The van der Waals surface area contributed by atoms with E-state index in [0.717, 1.165) is 65.0 Å². The summed E-state index contributed by atoms with van der Waals surface area (Å²) in [4.78, 5) is 20.1. The van der Waals surface area contributed by atoms with Crippen LogP contribution in [0.4, 0.5) is 5.69 Å². The molecule has 2 atom stereocenters. The van der Waals surface area contributed by atoms with Gasteiger partial charge in [-0.05, 0) is 178 Å². The van der Waals surface area contributed by atoms with Crippen molar-refractivity contribution < 1.29 is 4.79 Å². The molecule has 1 saturated heterocycles. The Balaban J connectivity index is 0.698. The minimum atomic E-state index is -0.724. The predicted molar refractivity (Wildman–Crippen MR) is 336 cm³/mol. The summed E-state index contributed by atoms with van der Waals surface area (Å²) in [6, 6.07) is 93.2. The van der Waals surface area contributed by atoms with Crippen LogP contribution < -0.4 is 5.32 Å². The van der Waals surface area contributed by atoms with Crippen molar-refractivity contribution in [2.24, 2.45) is 0 Å². The molecule has 1 amide bonds. The minimum absolute atomic E-state index is 0.00840. The Hall–Kier alpha value is -9.22. The average Bonchev–Trinajstić information content (AvgIpc) is 4.02. The molecule has 1 fully saturated rings. The van der Waals surface area contributed by atoms with E-state index in [9.17, 15) is 4.79 Å². The highest BCUT2D eigenvalue weighted by Crippen LogP contribution is 2.46. The normalized spacial score (nSPS) is 16.5. The highest BCUT2D eigenvalue weighted by molar-refractivity contribution is 6.08. The maximum absolute atomic E-state index is 13.2. The second-order valence-corrected chi connectivity index (χ2v) is 22.9. The van der Waals surface area contributed by atoms with Gasteiger partial charge in [-0.2, -0.15) is 0 Å². The van der Waals surface area contributed by atoms with Crippen LogP contribution in [0.3, 0.4) is 0 Å². The van der Waals surface area contributed by atoms with Crippen LogP contribution in [0.2, 0.25) is 0 Å². The number of nitrogens with one attached hydrogen (secondary N) is 1. The van der Waals surface area contributed by atoms with Gasteiger partial charge in [-0.15, -0.1) is 0 Å². The zero-order valence-electron chi connectivity index (χ0n) is 46.5. The third-order valence-electron chi connectivity index (χ3n) is 18.2. The molecule has 2 aliphatic heterocycles. The molecule has 4 nitrogen and oxygen atoms in total. The molecule has 2 unspecified atom stereocenters. The zero-order chi connectivity index (χ0) is 55.1. The van der Waals surface area contributed by atoms with E-state index in [4.69, 9.17) is 0 Å². The molecule has 1 aromatic heterocycles. The Kier molecular flexibility index (Phi) is 13.4. The fourth-order valence-electron chi connectivity index (χ4n) is 12.9. The van der Waals surface area contributed by atoms with Gasteiger partial charge >= 0.3 is 0 Å². The first kappa shape index (κ1) is 51.2. The molecule has 1 N–H and O–H groups in total. The van der Waals surface area contributed by atoms with Gasteiger partial charge in [0.1, 0.15) is 0 Å². The topological polar surface area (TPSA) is 45.2 Å². The number of hydrogen-bond donors (Lipinski definition) is 1. The molecule has 394 valence electrons. The number of hydrogen-bond acceptors (Lipinski definition) is 3. The van der Waals surface area contributed by atoms with Crippen LogP contribution in [0.25, 0.3) is 66.8 Å². The molecule has 0 aliphatic carbocycles. The second kappa shape index (κ2) is 21.1. The second-order valence-electron chi connectivity index (χ2n) is 22.9. The van der Waals surface area contributed by atoms with Gasteiger partial charge in [0.05, 0.1) is 5.41 Å². The van der Waals surface area contributed by atoms with Crippen LogP contribution in [0, 0.1) is 6.92 Å². The number of amides is 1. The van der Waals surface area contributed by atoms with Crippen molar-refractivity contribution in [3.05, 3.63) is 312 Å². The number of anilines is 1. The molecule has 0 saturated carbocycles. The van der Waals surface area contributed by atoms with Crippen LogP contribution in [0.5, 0.6) is 0 Å². The lowest BCUT2D eigenvalue weighted by atomic mass is 9.68. The summed E-state index contributed by atoms with van der Waals surface area (Å²) in [5.41, 5.74) is 23.7. The van der Waals surface area contributed by atoms with Gasteiger partial charge in [-0.25, -0.2) is 0 Å². The predicted octanol–water partition coefficient (Wildman–Crippen LogP) is 18.0. The van der Waals surface area contributed by atoms with Crippen molar-refractivity contribution in [2.75, 3.05) is 25.5 Å². The van der Waals surface area contributed by atoms with Gasteiger partial charge in [0, 0.05) is 28.9 Å². The fraction of sp³-hybridized carbons (Fsp3) is 0.143. The van der Waals surface area contributed by atoms with Gasteiger partial charge in [-0.1, -0.05) is 242 Å². The molecular weight excluding hydrogens is 983 g/mol. The molecule has 13 rings (SSSR count). The number of aromatic nitrogens is 1. The molecule has 0 spiro atoms. The fourth-order valence-corrected chi connectivity index (χ4v) is 12.9. The molecule has 2 aliphatic rings. The summed E-state index contributed by atoms with van der Waals surface area (Å²) in [5, 5.41) is 3.07. The third kappa shape index (κ3) is 9.50. The lowest BCUT2D eigenvalue weighted by Gasteiger charge is -2.42. The summed E-state index contributed by atoms with van der Waals surface area (Å²) in [7, 11) is 2.25. The van der Waals surface area contributed by atoms with E-state index < -0.39 is 10.8 Å². The molecule has 0 radical (unpaired) electrons. The number of aryl methyl sites for hydroxylation is 1. The van der Waals surface area contributed by atoms with Gasteiger partial charge in [0.15, 0.2) is 0 Å². The van der Waals surface area contributed by atoms with Crippen LogP contribution >= 0.6 is 0 Å². The summed E-state index contributed by atoms with van der Waals surface area (Å²) in [6.45, 7) is 8.60. The largest absolute Gasteiger partial charge is 0.325 e. The lowest BCUT2D eigenvalue weighted by molar-refractivity contribution is -0.119. The monoisotopic (exact) mass is 1050 g/mol.